The first-order valence-electron chi connectivity index (χ1n) is 7.34. The van der Waals surface area contributed by atoms with Crippen molar-refractivity contribution < 1.29 is 4.74 Å². The Kier molecular flexibility index (Phi) is 3.49. The second-order valence-corrected chi connectivity index (χ2v) is 8.10. The fourth-order valence-electron chi connectivity index (χ4n) is 3.36. The molecule has 2 unspecified atom stereocenters. The first kappa shape index (κ1) is 14.2. The van der Waals surface area contributed by atoms with Gasteiger partial charge in [0.2, 0.25) is 0 Å². The van der Waals surface area contributed by atoms with Crippen LogP contribution in [-0.2, 0) is 10.2 Å². The predicted molar refractivity (Wildman–Crippen MR) is 82.0 cm³/mol. The molecule has 2 N–H and O–H groups in total. The summed E-state index contributed by atoms with van der Waals surface area (Å²) in [6.45, 7) is 7.31. The molecule has 2 aliphatic heterocycles. The van der Waals surface area contributed by atoms with Crippen molar-refractivity contribution in [2.24, 2.45) is 0 Å². The van der Waals surface area contributed by atoms with E-state index in [4.69, 9.17) is 10.5 Å². The van der Waals surface area contributed by atoms with Gasteiger partial charge in [-0.3, -0.25) is 0 Å². The summed E-state index contributed by atoms with van der Waals surface area (Å²) in [5.41, 5.74) is 7.13. The Morgan fingerprint density at radius 3 is 2.90 bits per heavy atom. The molecule has 2 fully saturated rings. The molecule has 6 heteroatoms. The summed E-state index contributed by atoms with van der Waals surface area (Å²) < 4.78 is 8.17. The second-order valence-electron chi connectivity index (χ2n) is 7.00. The molecule has 112 valence electrons. The molecule has 1 aromatic heterocycles. The summed E-state index contributed by atoms with van der Waals surface area (Å²) in [6, 6.07) is 0.362. The average Bonchev–Trinajstić information content (AvgIpc) is 2.96. The molecule has 20 heavy (non-hydrogen) atoms. The van der Waals surface area contributed by atoms with Gasteiger partial charge in [0.25, 0.3) is 0 Å². The first-order valence-corrected chi connectivity index (χ1v) is 8.50. The summed E-state index contributed by atoms with van der Waals surface area (Å²) in [5, 5.41) is 8.46. The number of rotatable bonds is 1. The van der Waals surface area contributed by atoms with E-state index in [0.717, 1.165) is 37.3 Å². The summed E-state index contributed by atoms with van der Waals surface area (Å²) in [4.78, 5) is 0. The topological polar surface area (TPSA) is 66.0 Å². The Balaban J connectivity index is 1.89. The fraction of sp³-hybridized carbons (Fsp3) is 0.857. The van der Waals surface area contributed by atoms with E-state index < -0.39 is 0 Å². The highest BCUT2D eigenvalue weighted by Gasteiger charge is 2.42. The van der Waals surface area contributed by atoms with E-state index in [1.54, 1.807) is 0 Å². The Bertz CT molecular complexity index is 488. The minimum Gasteiger partial charge on any atom is -0.381 e. The van der Waals surface area contributed by atoms with Crippen LogP contribution in [0.4, 0.5) is 5.82 Å². The van der Waals surface area contributed by atoms with Crippen LogP contribution in [0.15, 0.2) is 0 Å². The van der Waals surface area contributed by atoms with E-state index in [0.29, 0.717) is 11.9 Å². The average molecular weight is 296 g/mol. The fourth-order valence-corrected chi connectivity index (χ4v) is 4.74. The number of nitrogens with two attached hydrogens (primary N) is 1. The van der Waals surface area contributed by atoms with E-state index in [-0.39, 0.29) is 11.0 Å². The van der Waals surface area contributed by atoms with Crippen molar-refractivity contribution in [3.63, 3.8) is 0 Å². The van der Waals surface area contributed by atoms with Gasteiger partial charge in [-0.2, -0.15) is 11.8 Å². The van der Waals surface area contributed by atoms with E-state index in [2.05, 4.69) is 35.8 Å². The standard InChI is InChI=1S/C14H24N4OS/c1-13(2,3)11-12(15)16-17-18(11)10-4-6-19-14(8-10)5-7-20-9-14/h10H,4-9,15H2,1-3H3. The third kappa shape index (κ3) is 2.44. The van der Waals surface area contributed by atoms with Crippen LogP contribution < -0.4 is 5.73 Å². The Hall–Kier alpha value is -0.750. The molecule has 0 aliphatic carbocycles. The Morgan fingerprint density at radius 2 is 2.25 bits per heavy atom. The second kappa shape index (κ2) is 4.91. The number of hydrogen-bond donors (Lipinski definition) is 1. The molecule has 1 aromatic rings. The zero-order valence-corrected chi connectivity index (χ0v) is 13.4. The van der Waals surface area contributed by atoms with Gasteiger partial charge < -0.3 is 10.5 Å². The minimum atomic E-state index is -0.0382. The normalized spacial score (nSPS) is 31.1. The number of nitrogens with zero attached hydrogens (tertiary/aromatic N) is 3. The van der Waals surface area contributed by atoms with E-state index in [1.807, 2.05) is 11.8 Å². The van der Waals surface area contributed by atoms with Gasteiger partial charge in [0, 0.05) is 17.8 Å². The highest BCUT2D eigenvalue weighted by atomic mass is 32.2. The molecule has 5 nitrogen and oxygen atoms in total. The van der Waals surface area contributed by atoms with Gasteiger partial charge in [-0.05, 0) is 25.0 Å². The van der Waals surface area contributed by atoms with Crippen molar-refractivity contribution in [2.75, 3.05) is 23.8 Å². The quantitative estimate of drug-likeness (QED) is 0.862. The van der Waals surface area contributed by atoms with Crippen molar-refractivity contribution in [2.45, 2.75) is 57.1 Å². The van der Waals surface area contributed by atoms with Crippen LogP contribution in [0.25, 0.3) is 0 Å². The SMILES string of the molecule is CC(C)(C)c1c(N)nnn1C1CCOC2(CCSC2)C1. The van der Waals surface area contributed by atoms with Gasteiger partial charge in [-0.1, -0.05) is 26.0 Å². The lowest BCUT2D eigenvalue weighted by Gasteiger charge is -2.38. The van der Waals surface area contributed by atoms with Crippen molar-refractivity contribution in [1.29, 1.82) is 0 Å². The monoisotopic (exact) mass is 296 g/mol. The summed E-state index contributed by atoms with van der Waals surface area (Å²) in [5.74, 6) is 2.88. The van der Waals surface area contributed by atoms with Crippen LogP contribution in [0, 0.1) is 0 Å². The van der Waals surface area contributed by atoms with E-state index >= 15 is 0 Å². The maximum Gasteiger partial charge on any atom is 0.169 e. The molecule has 0 saturated carbocycles. The zero-order chi connectivity index (χ0) is 14.4. The van der Waals surface area contributed by atoms with Crippen LogP contribution in [0.5, 0.6) is 0 Å². The lowest BCUT2D eigenvalue weighted by atomic mass is 9.87. The van der Waals surface area contributed by atoms with Gasteiger partial charge in [-0.15, -0.1) is 5.10 Å². The van der Waals surface area contributed by atoms with Gasteiger partial charge >= 0.3 is 0 Å². The van der Waals surface area contributed by atoms with Crippen LogP contribution in [0.1, 0.15) is 51.8 Å². The minimum absolute atomic E-state index is 0.0382. The van der Waals surface area contributed by atoms with Crippen molar-refractivity contribution >= 4 is 17.6 Å². The molecule has 2 atom stereocenters. The molecule has 0 bridgehead atoms. The molecule has 2 aliphatic rings. The van der Waals surface area contributed by atoms with Gasteiger partial charge in [0.1, 0.15) is 0 Å². The van der Waals surface area contributed by atoms with Crippen LogP contribution in [0.2, 0.25) is 0 Å². The van der Waals surface area contributed by atoms with E-state index in [1.165, 1.54) is 5.75 Å². The number of nitrogen functional groups attached to an aromatic ring is 1. The molecular weight excluding hydrogens is 272 g/mol. The van der Waals surface area contributed by atoms with Gasteiger partial charge in [0.15, 0.2) is 5.82 Å². The largest absolute Gasteiger partial charge is 0.381 e. The molecule has 1 spiro atoms. The number of aromatic nitrogens is 3. The van der Waals surface area contributed by atoms with Crippen LogP contribution in [0.3, 0.4) is 0 Å². The van der Waals surface area contributed by atoms with Gasteiger partial charge in [-0.25, -0.2) is 4.68 Å². The summed E-state index contributed by atoms with van der Waals surface area (Å²) in [6.07, 6.45) is 3.19. The smallest absolute Gasteiger partial charge is 0.169 e. The van der Waals surface area contributed by atoms with Crippen molar-refractivity contribution in [1.82, 2.24) is 15.0 Å². The third-order valence-electron chi connectivity index (χ3n) is 4.31. The zero-order valence-electron chi connectivity index (χ0n) is 12.6. The number of anilines is 1. The first-order chi connectivity index (χ1) is 9.41. The third-order valence-corrected chi connectivity index (χ3v) is 5.53. The maximum atomic E-state index is 6.10. The van der Waals surface area contributed by atoms with Gasteiger partial charge in [0.05, 0.1) is 17.3 Å². The number of thioether (sulfide) groups is 1. The molecule has 2 saturated heterocycles. The Labute approximate surface area is 124 Å². The molecule has 0 aromatic carbocycles. The predicted octanol–water partition coefficient (Wildman–Crippen LogP) is 2.39. The van der Waals surface area contributed by atoms with Crippen molar-refractivity contribution in [3.05, 3.63) is 5.69 Å². The molecule has 0 amide bonds. The summed E-state index contributed by atoms with van der Waals surface area (Å²) >= 11 is 2.00. The molecular formula is C14H24N4OS. The highest BCUT2D eigenvalue weighted by molar-refractivity contribution is 7.99. The van der Waals surface area contributed by atoms with Crippen molar-refractivity contribution in [3.8, 4) is 0 Å². The number of hydrogen-bond acceptors (Lipinski definition) is 5. The lowest BCUT2D eigenvalue weighted by Crippen LogP contribution is -2.41. The lowest BCUT2D eigenvalue weighted by molar-refractivity contribution is -0.0786. The molecule has 0 radical (unpaired) electrons. The Morgan fingerprint density at radius 1 is 1.45 bits per heavy atom. The van der Waals surface area contributed by atoms with E-state index in [9.17, 15) is 0 Å². The number of ether oxygens (including phenoxy) is 1. The highest BCUT2D eigenvalue weighted by Crippen LogP contribution is 2.43. The van der Waals surface area contributed by atoms with Crippen LogP contribution in [-0.4, -0.2) is 38.7 Å². The molecule has 3 heterocycles. The van der Waals surface area contributed by atoms with Crippen LogP contribution >= 0.6 is 11.8 Å². The summed E-state index contributed by atoms with van der Waals surface area (Å²) in [7, 11) is 0. The molecule has 3 rings (SSSR count). The maximum absolute atomic E-state index is 6.10.